The Morgan fingerprint density at radius 3 is 2.42 bits per heavy atom. The highest BCUT2D eigenvalue weighted by atomic mass is 32.1. The summed E-state index contributed by atoms with van der Waals surface area (Å²) in [6.07, 6.45) is 3.11. The molecule has 8 heteroatoms. The van der Waals surface area contributed by atoms with Crippen molar-refractivity contribution in [1.29, 1.82) is 0 Å². The zero-order valence-electron chi connectivity index (χ0n) is 14.3. The first-order valence-corrected chi connectivity index (χ1v) is 8.80. The summed E-state index contributed by atoms with van der Waals surface area (Å²) in [7, 11) is 0. The average Bonchev–Trinajstić information content (AvgIpc) is 3.06. The maximum Gasteiger partial charge on any atom is 0.295 e. The summed E-state index contributed by atoms with van der Waals surface area (Å²) < 4.78 is 0. The van der Waals surface area contributed by atoms with Crippen molar-refractivity contribution in [3.8, 4) is 0 Å². The van der Waals surface area contributed by atoms with Crippen molar-refractivity contribution in [2.45, 2.75) is 20.3 Å². The number of nitrogens with zero attached hydrogens (tertiary/aromatic N) is 3. The van der Waals surface area contributed by atoms with Crippen LogP contribution in [0, 0.1) is 13.8 Å². The zero-order valence-corrected chi connectivity index (χ0v) is 15.1. The number of carbonyl (C=O) groups is 2. The lowest BCUT2D eigenvalue weighted by atomic mass is 10.1. The molecule has 0 spiro atoms. The Bertz CT molecular complexity index is 920. The van der Waals surface area contributed by atoms with Gasteiger partial charge in [-0.3, -0.25) is 14.9 Å². The highest BCUT2D eigenvalue weighted by Gasteiger charge is 2.13. The largest absolute Gasteiger partial charge is 0.325 e. The van der Waals surface area contributed by atoms with Gasteiger partial charge in [-0.25, -0.2) is 15.0 Å². The van der Waals surface area contributed by atoms with Gasteiger partial charge in [-0.2, -0.15) is 0 Å². The fourth-order valence-corrected chi connectivity index (χ4v) is 3.08. The van der Waals surface area contributed by atoms with Crippen LogP contribution in [0.15, 0.2) is 42.0 Å². The lowest BCUT2D eigenvalue weighted by molar-refractivity contribution is -0.115. The third kappa shape index (κ3) is 4.28. The average molecular weight is 367 g/mol. The number of aromatic nitrogens is 3. The maximum absolute atomic E-state index is 12.3. The zero-order chi connectivity index (χ0) is 18.5. The smallest absolute Gasteiger partial charge is 0.295 e. The summed E-state index contributed by atoms with van der Waals surface area (Å²) in [5, 5.41) is 7.69. The number of hydrogen-bond acceptors (Lipinski definition) is 6. The molecule has 2 heterocycles. The lowest BCUT2D eigenvalue weighted by Crippen LogP contribution is -2.17. The first-order valence-electron chi connectivity index (χ1n) is 7.92. The molecule has 0 aliphatic rings. The van der Waals surface area contributed by atoms with E-state index in [1.54, 1.807) is 11.4 Å². The fraction of sp³-hybridized carbons (Fsp3) is 0.167. The molecule has 7 nitrogen and oxygen atoms in total. The van der Waals surface area contributed by atoms with Gasteiger partial charge in [0.1, 0.15) is 0 Å². The monoisotopic (exact) mass is 367 g/mol. The van der Waals surface area contributed by atoms with Crippen LogP contribution in [-0.2, 0) is 11.2 Å². The molecular weight excluding hydrogens is 350 g/mol. The molecule has 0 fully saturated rings. The number of hydrogen-bond donors (Lipinski definition) is 2. The van der Waals surface area contributed by atoms with E-state index in [0.717, 1.165) is 16.8 Å². The standard InChI is InChI=1S/C18H17N5O2S/c1-11-5-3-6-12(2)15(11)22-14(24)9-13-10-26-18(21-13)23-17(25)16-19-7-4-8-20-16/h3-8,10H,9H2,1-2H3,(H,22,24)(H,21,23,25). The van der Waals surface area contributed by atoms with Crippen molar-refractivity contribution in [2.75, 3.05) is 10.6 Å². The molecule has 0 saturated heterocycles. The van der Waals surface area contributed by atoms with E-state index >= 15 is 0 Å². The van der Waals surface area contributed by atoms with E-state index in [-0.39, 0.29) is 18.2 Å². The SMILES string of the molecule is Cc1cccc(C)c1NC(=O)Cc1csc(NC(=O)c2ncccn2)n1. The fourth-order valence-electron chi connectivity index (χ4n) is 2.37. The molecule has 0 radical (unpaired) electrons. The number of anilines is 2. The van der Waals surface area contributed by atoms with Crippen LogP contribution in [-0.4, -0.2) is 26.8 Å². The molecule has 3 rings (SSSR count). The number of amides is 2. The Morgan fingerprint density at radius 2 is 1.73 bits per heavy atom. The highest BCUT2D eigenvalue weighted by Crippen LogP contribution is 2.21. The molecule has 2 N–H and O–H groups in total. The Balaban J connectivity index is 1.61. The molecule has 2 amide bonds. The Kier molecular flexibility index (Phi) is 5.33. The number of para-hydroxylation sites is 1. The molecule has 1 aromatic carbocycles. The van der Waals surface area contributed by atoms with Crippen LogP contribution >= 0.6 is 11.3 Å². The number of aryl methyl sites for hydroxylation is 2. The van der Waals surface area contributed by atoms with E-state index < -0.39 is 5.91 Å². The predicted molar refractivity (Wildman–Crippen MR) is 100 cm³/mol. The van der Waals surface area contributed by atoms with Gasteiger partial charge in [0.15, 0.2) is 5.13 Å². The van der Waals surface area contributed by atoms with Crippen molar-refractivity contribution in [1.82, 2.24) is 15.0 Å². The van der Waals surface area contributed by atoms with Crippen LogP contribution in [0.3, 0.4) is 0 Å². The van der Waals surface area contributed by atoms with Gasteiger partial charge in [-0.15, -0.1) is 11.3 Å². The minimum atomic E-state index is -0.438. The molecule has 26 heavy (non-hydrogen) atoms. The van der Waals surface area contributed by atoms with E-state index in [4.69, 9.17) is 0 Å². The van der Waals surface area contributed by atoms with Gasteiger partial charge in [0, 0.05) is 23.5 Å². The topological polar surface area (TPSA) is 96.9 Å². The van der Waals surface area contributed by atoms with Gasteiger partial charge >= 0.3 is 0 Å². The van der Waals surface area contributed by atoms with Crippen LogP contribution < -0.4 is 10.6 Å². The third-order valence-electron chi connectivity index (χ3n) is 3.63. The molecule has 132 valence electrons. The van der Waals surface area contributed by atoms with Crippen molar-refractivity contribution in [3.63, 3.8) is 0 Å². The summed E-state index contributed by atoms with van der Waals surface area (Å²) in [6.45, 7) is 3.90. The van der Waals surface area contributed by atoms with E-state index in [1.807, 2.05) is 32.0 Å². The Morgan fingerprint density at radius 1 is 1.04 bits per heavy atom. The van der Waals surface area contributed by atoms with Gasteiger partial charge in [0.2, 0.25) is 11.7 Å². The second kappa shape index (κ2) is 7.83. The van der Waals surface area contributed by atoms with Gasteiger partial charge < -0.3 is 5.32 Å². The minimum absolute atomic E-state index is 0.0667. The molecule has 0 saturated carbocycles. The van der Waals surface area contributed by atoms with Crippen molar-refractivity contribution < 1.29 is 9.59 Å². The summed E-state index contributed by atoms with van der Waals surface area (Å²) in [5.41, 5.74) is 3.42. The highest BCUT2D eigenvalue weighted by molar-refractivity contribution is 7.14. The van der Waals surface area contributed by atoms with E-state index in [1.165, 1.54) is 23.7 Å². The summed E-state index contributed by atoms with van der Waals surface area (Å²) in [6, 6.07) is 7.48. The van der Waals surface area contributed by atoms with Crippen molar-refractivity contribution in [2.24, 2.45) is 0 Å². The normalized spacial score (nSPS) is 10.4. The molecule has 0 unspecified atom stereocenters. The molecular formula is C18H17N5O2S. The van der Waals surface area contributed by atoms with E-state index in [9.17, 15) is 9.59 Å². The van der Waals surface area contributed by atoms with Gasteiger partial charge in [0.05, 0.1) is 12.1 Å². The lowest BCUT2D eigenvalue weighted by Gasteiger charge is -2.10. The predicted octanol–water partition coefficient (Wildman–Crippen LogP) is 2.98. The van der Waals surface area contributed by atoms with Crippen LogP contribution in [0.25, 0.3) is 0 Å². The minimum Gasteiger partial charge on any atom is -0.325 e. The molecule has 0 aliphatic heterocycles. The number of carbonyl (C=O) groups excluding carboxylic acids is 2. The second-order valence-corrected chi connectivity index (χ2v) is 6.52. The molecule has 0 aliphatic carbocycles. The third-order valence-corrected chi connectivity index (χ3v) is 4.43. The number of nitrogens with one attached hydrogen (secondary N) is 2. The number of thiazole rings is 1. The quantitative estimate of drug-likeness (QED) is 0.723. The molecule has 0 atom stereocenters. The molecule has 0 bridgehead atoms. The van der Waals surface area contributed by atoms with Crippen molar-refractivity contribution >= 4 is 34.0 Å². The van der Waals surface area contributed by atoms with E-state index in [0.29, 0.717) is 10.8 Å². The van der Waals surface area contributed by atoms with Crippen LogP contribution in [0.1, 0.15) is 27.4 Å². The first kappa shape index (κ1) is 17.7. The second-order valence-electron chi connectivity index (χ2n) is 5.66. The van der Waals surface area contributed by atoms with E-state index in [2.05, 4.69) is 25.6 Å². The summed E-state index contributed by atoms with van der Waals surface area (Å²) in [5.74, 6) is -0.527. The number of benzene rings is 1. The summed E-state index contributed by atoms with van der Waals surface area (Å²) >= 11 is 1.25. The summed E-state index contributed by atoms with van der Waals surface area (Å²) in [4.78, 5) is 36.3. The first-order chi connectivity index (χ1) is 12.5. The maximum atomic E-state index is 12.3. The number of rotatable bonds is 5. The van der Waals surface area contributed by atoms with Gasteiger partial charge in [-0.05, 0) is 31.0 Å². The van der Waals surface area contributed by atoms with Crippen LogP contribution in [0.4, 0.5) is 10.8 Å². The van der Waals surface area contributed by atoms with Crippen molar-refractivity contribution in [3.05, 3.63) is 64.7 Å². The van der Waals surface area contributed by atoms with Crippen LogP contribution in [0.2, 0.25) is 0 Å². The van der Waals surface area contributed by atoms with Gasteiger partial charge in [0.25, 0.3) is 5.91 Å². The van der Waals surface area contributed by atoms with Gasteiger partial charge in [-0.1, -0.05) is 18.2 Å². The van der Waals surface area contributed by atoms with Crippen LogP contribution in [0.5, 0.6) is 0 Å². The molecule has 2 aromatic heterocycles. The Labute approximate surface area is 154 Å². The molecule has 3 aromatic rings. The Hall–Kier alpha value is -3.13.